The Bertz CT molecular complexity index is 457. The predicted octanol–water partition coefficient (Wildman–Crippen LogP) is 2.80. The first-order chi connectivity index (χ1) is 9.07. The highest BCUT2D eigenvalue weighted by Crippen LogP contribution is 2.42. The van der Waals surface area contributed by atoms with Gasteiger partial charge in [0.25, 0.3) is 0 Å². The Hall–Kier alpha value is -0.870. The highest BCUT2D eigenvalue weighted by atomic mass is 79.9. The van der Waals surface area contributed by atoms with Gasteiger partial charge in [-0.05, 0) is 37.6 Å². The second kappa shape index (κ2) is 6.06. The summed E-state index contributed by atoms with van der Waals surface area (Å²) in [7, 11) is 3.82. The maximum atomic E-state index is 12.6. The summed E-state index contributed by atoms with van der Waals surface area (Å²) >= 11 is 3.46. The molecule has 3 nitrogen and oxygen atoms in total. The molecule has 1 aliphatic rings. The number of rotatable bonds is 5. The molecule has 0 spiro atoms. The average Bonchev–Trinajstić information content (AvgIpc) is 2.33. The number of benzene rings is 1. The minimum Gasteiger partial charge on any atom is -0.341 e. The lowest BCUT2D eigenvalue weighted by Gasteiger charge is -2.42. The van der Waals surface area contributed by atoms with Gasteiger partial charge in [-0.2, -0.15) is 0 Å². The van der Waals surface area contributed by atoms with Gasteiger partial charge in [-0.25, -0.2) is 0 Å². The molecule has 1 N–H and O–H groups in total. The zero-order valence-corrected chi connectivity index (χ0v) is 13.2. The maximum Gasteiger partial charge on any atom is 0.230 e. The van der Waals surface area contributed by atoms with Crippen LogP contribution in [-0.4, -0.2) is 31.4 Å². The number of carbonyl (C=O) groups excluding carboxylic acids is 1. The topological polar surface area (TPSA) is 32.3 Å². The van der Waals surface area contributed by atoms with Crippen LogP contribution in [0, 0.1) is 5.41 Å². The van der Waals surface area contributed by atoms with Crippen LogP contribution in [-0.2, 0) is 11.3 Å². The average molecular weight is 325 g/mol. The van der Waals surface area contributed by atoms with E-state index in [2.05, 4.69) is 33.4 Å². The predicted molar refractivity (Wildman–Crippen MR) is 80.8 cm³/mol. The molecule has 0 saturated heterocycles. The lowest BCUT2D eigenvalue weighted by molar-refractivity contribution is -0.146. The summed E-state index contributed by atoms with van der Waals surface area (Å²) in [5.74, 6) is 0.271. The van der Waals surface area contributed by atoms with Crippen LogP contribution in [0.3, 0.4) is 0 Å². The lowest BCUT2D eigenvalue weighted by Crippen LogP contribution is -2.51. The van der Waals surface area contributed by atoms with Gasteiger partial charge in [0.2, 0.25) is 5.91 Å². The van der Waals surface area contributed by atoms with Crippen molar-refractivity contribution in [1.82, 2.24) is 10.2 Å². The fourth-order valence-electron chi connectivity index (χ4n) is 2.79. The van der Waals surface area contributed by atoms with Crippen molar-refractivity contribution in [2.75, 3.05) is 20.6 Å². The van der Waals surface area contributed by atoms with Gasteiger partial charge in [-0.3, -0.25) is 4.79 Å². The molecule has 0 heterocycles. The van der Waals surface area contributed by atoms with Crippen LogP contribution >= 0.6 is 15.9 Å². The fraction of sp³-hybridized carbons (Fsp3) is 0.533. The van der Waals surface area contributed by atoms with Crippen LogP contribution in [0.25, 0.3) is 0 Å². The third-order valence-electron chi connectivity index (χ3n) is 3.93. The molecule has 4 heteroatoms. The normalized spacial score (nSPS) is 16.8. The standard InChI is InChI=1S/C15H21BrN2O/c1-17-11-15(7-4-8-15)14(19)18(2)10-12-5-3-6-13(16)9-12/h3,5-6,9,17H,4,7-8,10-11H2,1-2H3. The quantitative estimate of drug-likeness (QED) is 0.903. The number of carbonyl (C=O) groups is 1. The van der Waals surface area contributed by atoms with E-state index < -0.39 is 0 Å². The van der Waals surface area contributed by atoms with E-state index in [9.17, 15) is 4.79 Å². The molecule has 0 radical (unpaired) electrons. The number of amides is 1. The second-order valence-electron chi connectivity index (χ2n) is 5.46. The van der Waals surface area contributed by atoms with Gasteiger partial charge < -0.3 is 10.2 Å². The third-order valence-corrected chi connectivity index (χ3v) is 4.43. The van der Waals surface area contributed by atoms with Crippen molar-refractivity contribution in [2.45, 2.75) is 25.8 Å². The molecule has 1 amide bonds. The van der Waals surface area contributed by atoms with Gasteiger partial charge in [0.1, 0.15) is 0 Å². The molecule has 1 saturated carbocycles. The maximum absolute atomic E-state index is 12.6. The third kappa shape index (κ3) is 3.18. The Morgan fingerprint density at radius 3 is 2.74 bits per heavy atom. The number of halogens is 1. The largest absolute Gasteiger partial charge is 0.341 e. The number of nitrogens with zero attached hydrogens (tertiary/aromatic N) is 1. The van der Waals surface area contributed by atoms with Crippen molar-refractivity contribution in [3.63, 3.8) is 0 Å². The van der Waals surface area contributed by atoms with Crippen molar-refractivity contribution >= 4 is 21.8 Å². The molecule has 0 bridgehead atoms. The fourth-order valence-corrected chi connectivity index (χ4v) is 3.24. The highest BCUT2D eigenvalue weighted by molar-refractivity contribution is 9.10. The molecule has 19 heavy (non-hydrogen) atoms. The molecule has 1 aromatic rings. The molecule has 0 unspecified atom stereocenters. The minimum absolute atomic E-state index is 0.157. The Balaban J connectivity index is 2.03. The lowest BCUT2D eigenvalue weighted by atomic mass is 9.67. The molecule has 0 aliphatic heterocycles. The van der Waals surface area contributed by atoms with E-state index >= 15 is 0 Å². The van der Waals surface area contributed by atoms with E-state index in [0.717, 1.165) is 35.8 Å². The first-order valence-corrected chi connectivity index (χ1v) is 7.51. The van der Waals surface area contributed by atoms with Gasteiger partial charge in [0, 0.05) is 24.6 Å². The van der Waals surface area contributed by atoms with Gasteiger partial charge in [0.05, 0.1) is 5.41 Å². The van der Waals surface area contributed by atoms with E-state index in [1.165, 1.54) is 0 Å². The van der Waals surface area contributed by atoms with E-state index in [1.54, 1.807) is 0 Å². The van der Waals surface area contributed by atoms with Crippen molar-refractivity contribution in [2.24, 2.45) is 5.41 Å². The van der Waals surface area contributed by atoms with Crippen LogP contribution in [0.2, 0.25) is 0 Å². The zero-order valence-electron chi connectivity index (χ0n) is 11.6. The molecular formula is C15H21BrN2O. The van der Waals surface area contributed by atoms with Crippen LogP contribution in [0.4, 0.5) is 0 Å². The number of nitrogens with one attached hydrogen (secondary N) is 1. The van der Waals surface area contributed by atoms with Crippen LogP contribution < -0.4 is 5.32 Å². The van der Waals surface area contributed by atoms with Crippen LogP contribution in [0.5, 0.6) is 0 Å². The molecule has 104 valence electrons. The molecule has 1 aliphatic carbocycles. The van der Waals surface area contributed by atoms with Crippen molar-refractivity contribution < 1.29 is 4.79 Å². The molecular weight excluding hydrogens is 304 g/mol. The molecule has 1 fully saturated rings. The highest BCUT2D eigenvalue weighted by Gasteiger charge is 2.44. The Morgan fingerprint density at radius 1 is 1.47 bits per heavy atom. The zero-order chi connectivity index (χ0) is 13.9. The number of hydrogen-bond donors (Lipinski definition) is 1. The Labute approximate surface area is 123 Å². The second-order valence-corrected chi connectivity index (χ2v) is 6.37. The number of hydrogen-bond acceptors (Lipinski definition) is 2. The van der Waals surface area contributed by atoms with Gasteiger partial charge in [-0.15, -0.1) is 0 Å². The van der Waals surface area contributed by atoms with Crippen molar-refractivity contribution in [1.29, 1.82) is 0 Å². The Morgan fingerprint density at radius 2 is 2.21 bits per heavy atom. The van der Waals surface area contributed by atoms with E-state index in [-0.39, 0.29) is 11.3 Å². The smallest absolute Gasteiger partial charge is 0.230 e. The molecule has 1 aromatic carbocycles. The van der Waals surface area contributed by atoms with Crippen molar-refractivity contribution in [3.05, 3.63) is 34.3 Å². The van der Waals surface area contributed by atoms with E-state index in [1.807, 2.05) is 31.1 Å². The molecule has 2 rings (SSSR count). The SMILES string of the molecule is CNCC1(C(=O)N(C)Cc2cccc(Br)c2)CCC1. The summed E-state index contributed by atoms with van der Waals surface area (Å²) in [6.45, 7) is 1.46. The van der Waals surface area contributed by atoms with Gasteiger partial charge in [0.15, 0.2) is 0 Å². The summed E-state index contributed by atoms with van der Waals surface area (Å²) in [5.41, 5.74) is 0.999. The minimum atomic E-state index is -0.157. The summed E-state index contributed by atoms with van der Waals surface area (Å²) < 4.78 is 1.06. The van der Waals surface area contributed by atoms with E-state index in [4.69, 9.17) is 0 Å². The monoisotopic (exact) mass is 324 g/mol. The first kappa shape index (κ1) is 14.5. The van der Waals surface area contributed by atoms with E-state index in [0.29, 0.717) is 6.54 Å². The Kier molecular flexibility index (Phi) is 4.63. The summed E-state index contributed by atoms with van der Waals surface area (Å²) in [6, 6.07) is 8.12. The van der Waals surface area contributed by atoms with Gasteiger partial charge >= 0.3 is 0 Å². The van der Waals surface area contributed by atoms with Crippen molar-refractivity contribution in [3.8, 4) is 0 Å². The molecule has 0 aromatic heterocycles. The molecule has 0 atom stereocenters. The summed E-state index contributed by atoms with van der Waals surface area (Å²) in [6.07, 6.45) is 3.18. The van der Waals surface area contributed by atoms with Crippen LogP contribution in [0.1, 0.15) is 24.8 Å². The van der Waals surface area contributed by atoms with Gasteiger partial charge in [-0.1, -0.05) is 34.5 Å². The first-order valence-electron chi connectivity index (χ1n) is 6.72. The summed E-state index contributed by atoms with van der Waals surface area (Å²) in [5, 5.41) is 3.16. The van der Waals surface area contributed by atoms with Crippen LogP contribution in [0.15, 0.2) is 28.7 Å². The summed E-state index contributed by atoms with van der Waals surface area (Å²) in [4.78, 5) is 14.5.